The summed E-state index contributed by atoms with van der Waals surface area (Å²) in [5.74, 6) is 0. The van der Waals surface area contributed by atoms with Crippen LogP contribution in [-0.2, 0) is 12.5 Å². The lowest BCUT2D eigenvalue weighted by Gasteiger charge is -2.17. The predicted octanol–water partition coefficient (Wildman–Crippen LogP) is 6.14. The first-order valence-corrected chi connectivity index (χ1v) is 7.92. The summed E-state index contributed by atoms with van der Waals surface area (Å²) in [5, 5.41) is 3.48. The molecule has 0 heterocycles. The summed E-state index contributed by atoms with van der Waals surface area (Å²) in [4.78, 5) is 0. The van der Waals surface area contributed by atoms with Gasteiger partial charge in [0.05, 0.1) is 6.93 Å². The van der Waals surface area contributed by atoms with Crippen molar-refractivity contribution in [3.8, 4) is 0 Å². The summed E-state index contributed by atoms with van der Waals surface area (Å²) in [5.41, 5.74) is -1.64. The van der Waals surface area contributed by atoms with Crippen molar-refractivity contribution in [1.29, 1.82) is 0 Å². The van der Waals surface area contributed by atoms with E-state index in [0.717, 1.165) is 18.2 Å². The zero-order valence-electron chi connectivity index (χ0n) is 21.7. The van der Waals surface area contributed by atoms with Crippen LogP contribution in [0.4, 0.5) is 13.2 Å². The second-order valence-corrected chi connectivity index (χ2v) is 5.64. The second-order valence-electron chi connectivity index (χ2n) is 5.64. The van der Waals surface area contributed by atoms with Gasteiger partial charge in [-0.2, -0.15) is 13.2 Å². The lowest BCUT2D eigenvalue weighted by molar-refractivity contribution is -0.137. The van der Waals surface area contributed by atoms with Crippen LogP contribution in [0.2, 0.25) is 0 Å². The number of nitrogens with one attached hydrogen (secondary N) is 1. The van der Waals surface area contributed by atoms with E-state index in [9.17, 15) is 13.2 Å². The summed E-state index contributed by atoms with van der Waals surface area (Å²) < 4.78 is 105. The maximum absolute atomic E-state index is 13.1. The fraction of sp³-hybridized carbons (Fsp3) is 0.273. The third-order valence-corrected chi connectivity index (χ3v) is 3.84. The summed E-state index contributed by atoms with van der Waals surface area (Å²) in [6.45, 7) is -3.95. The summed E-state index contributed by atoms with van der Waals surface area (Å²) in [6, 6.07) is 12.2. The molecule has 1 nitrogen and oxygen atoms in total. The zero-order chi connectivity index (χ0) is 25.6. The highest BCUT2D eigenvalue weighted by atomic mass is 19.4. The number of halogens is 3. The van der Waals surface area contributed by atoms with Gasteiger partial charge in [0.25, 0.3) is 0 Å². The Labute approximate surface area is 163 Å². The van der Waals surface area contributed by atoms with Gasteiger partial charge in [-0.1, -0.05) is 60.7 Å². The molecule has 1 atom stereocenters. The first-order chi connectivity index (χ1) is 15.5. The number of benzene rings is 3. The molecule has 3 aromatic carbocycles. The lowest BCUT2D eigenvalue weighted by atomic mass is 9.99. The van der Waals surface area contributed by atoms with Crippen molar-refractivity contribution >= 4 is 10.8 Å². The molecule has 0 radical (unpaired) electrons. The molecular formula is C22H22F3N. The third-order valence-electron chi connectivity index (χ3n) is 3.84. The van der Waals surface area contributed by atoms with Gasteiger partial charge in [-0.05, 0) is 54.1 Å². The van der Waals surface area contributed by atoms with E-state index >= 15 is 0 Å². The topological polar surface area (TPSA) is 12.0 Å². The van der Waals surface area contributed by atoms with Gasteiger partial charge in [0.1, 0.15) is 0 Å². The van der Waals surface area contributed by atoms with Crippen LogP contribution in [0.15, 0.2) is 66.7 Å². The minimum absolute atomic E-state index is 0.0426. The minimum Gasteiger partial charge on any atom is -0.310 e. The molecule has 0 saturated carbocycles. The van der Waals surface area contributed by atoms with E-state index in [1.165, 1.54) is 6.07 Å². The fourth-order valence-electron chi connectivity index (χ4n) is 2.59. The first kappa shape index (κ1) is 10.7. The molecule has 26 heavy (non-hydrogen) atoms. The SMILES string of the molecule is [2H]C([2H])(CN[C@]([2H])(c1cccc2ccccc12)C([2H])([2H])[2H])C([2H])([2H])c1cccc(C(F)(F)F)c1. The maximum atomic E-state index is 13.1. The molecule has 0 aliphatic rings. The number of alkyl halides is 3. The van der Waals surface area contributed by atoms with Crippen LogP contribution in [0.1, 0.15) is 46.9 Å². The van der Waals surface area contributed by atoms with E-state index in [1.54, 1.807) is 36.4 Å². The summed E-state index contributed by atoms with van der Waals surface area (Å²) in [6.07, 6.45) is -10.6. The quantitative estimate of drug-likeness (QED) is 0.553. The number of hydrogen-bond acceptors (Lipinski definition) is 1. The van der Waals surface area contributed by atoms with Crippen molar-refractivity contribution in [2.45, 2.75) is 31.8 Å². The van der Waals surface area contributed by atoms with Crippen LogP contribution < -0.4 is 5.32 Å². The van der Waals surface area contributed by atoms with E-state index in [4.69, 9.17) is 11.0 Å². The first-order valence-electron chi connectivity index (χ1n) is 11.9. The van der Waals surface area contributed by atoms with Crippen molar-refractivity contribution in [3.05, 3.63) is 83.4 Å². The van der Waals surface area contributed by atoms with Gasteiger partial charge in [0.2, 0.25) is 0 Å². The molecule has 1 N–H and O–H groups in total. The number of aryl methyl sites for hydroxylation is 1. The van der Waals surface area contributed by atoms with E-state index in [2.05, 4.69) is 5.32 Å². The van der Waals surface area contributed by atoms with E-state index < -0.39 is 49.5 Å². The highest BCUT2D eigenvalue weighted by Crippen LogP contribution is 2.29. The van der Waals surface area contributed by atoms with Crippen molar-refractivity contribution < 1.29 is 24.1 Å². The van der Waals surface area contributed by atoms with E-state index in [-0.39, 0.29) is 5.56 Å². The van der Waals surface area contributed by atoms with Gasteiger partial charge in [0.15, 0.2) is 0 Å². The van der Waals surface area contributed by atoms with Gasteiger partial charge in [0, 0.05) is 15.6 Å². The van der Waals surface area contributed by atoms with Crippen LogP contribution >= 0.6 is 0 Å². The Kier molecular flexibility index (Phi) is 3.27. The normalized spacial score (nSPS) is 20.4. The molecule has 3 rings (SSSR count). The molecule has 0 bridgehead atoms. The minimum atomic E-state index is -4.75. The van der Waals surface area contributed by atoms with Crippen LogP contribution in [0.3, 0.4) is 0 Å². The molecule has 0 unspecified atom stereocenters. The highest BCUT2D eigenvalue weighted by molar-refractivity contribution is 5.86. The predicted molar refractivity (Wildman–Crippen MR) is 100 cm³/mol. The molecule has 0 aliphatic carbocycles. The Morgan fingerprint density at radius 3 is 2.65 bits per heavy atom. The molecule has 4 heteroatoms. The lowest BCUT2D eigenvalue weighted by Crippen LogP contribution is -2.20. The Bertz CT molecular complexity index is 1170. The molecule has 0 aromatic heterocycles. The molecular weight excluding hydrogens is 335 g/mol. The van der Waals surface area contributed by atoms with Crippen LogP contribution in [0.5, 0.6) is 0 Å². The molecule has 0 amide bonds. The number of rotatable bonds is 6. The van der Waals surface area contributed by atoms with E-state index in [1.807, 2.05) is 0 Å². The maximum Gasteiger partial charge on any atom is 0.416 e. The standard InChI is InChI=1S/C22H22F3N/c1-16(20-13-5-10-18-9-2-3-12-21(18)20)26-14-6-8-17-7-4-11-19(15-17)22(23,24)25/h2-5,7,9-13,15-16,26H,6,8,14H2,1H3/t16-/m0/s1/i1D3,6D2,8D2,16D. The van der Waals surface area contributed by atoms with Crippen LogP contribution in [0, 0.1) is 0 Å². The molecule has 136 valence electrons. The molecule has 0 saturated heterocycles. The monoisotopic (exact) mass is 365 g/mol. The average molecular weight is 365 g/mol. The van der Waals surface area contributed by atoms with Gasteiger partial charge in [-0.15, -0.1) is 0 Å². The molecule has 0 aliphatic heterocycles. The van der Waals surface area contributed by atoms with Crippen molar-refractivity contribution in [1.82, 2.24) is 5.32 Å². The second kappa shape index (κ2) is 7.92. The van der Waals surface area contributed by atoms with Gasteiger partial charge in [-0.3, -0.25) is 0 Å². The molecule has 0 spiro atoms. The smallest absolute Gasteiger partial charge is 0.310 e. The fourth-order valence-corrected chi connectivity index (χ4v) is 2.59. The van der Waals surface area contributed by atoms with Crippen molar-refractivity contribution in [2.24, 2.45) is 0 Å². The average Bonchev–Trinajstić information content (AvgIpc) is 2.75. The molecule has 3 aromatic rings. The zero-order valence-corrected chi connectivity index (χ0v) is 13.7. The number of hydrogen-bond donors (Lipinski definition) is 1. The van der Waals surface area contributed by atoms with Crippen molar-refractivity contribution in [3.63, 3.8) is 0 Å². The van der Waals surface area contributed by atoms with Crippen molar-refractivity contribution in [2.75, 3.05) is 6.54 Å². The Balaban J connectivity index is 2.00. The van der Waals surface area contributed by atoms with Gasteiger partial charge in [-0.25, -0.2) is 0 Å². The van der Waals surface area contributed by atoms with Crippen LogP contribution in [0.25, 0.3) is 10.8 Å². The highest BCUT2D eigenvalue weighted by Gasteiger charge is 2.30. The van der Waals surface area contributed by atoms with Gasteiger partial charge >= 0.3 is 6.18 Å². The summed E-state index contributed by atoms with van der Waals surface area (Å²) >= 11 is 0. The Morgan fingerprint density at radius 2 is 1.85 bits per heavy atom. The Hall–Kier alpha value is -2.33. The summed E-state index contributed by atoms with van der Waals surface area (Å²) in [7, 11) is 0. The largest absolute Gasteiger partial charge is 0.416 e. The Morgan fingerprint density at radius 1 is 1.08 bits per heavy atom. The number of fused-ring (bicyclic) bond motifs is 1. The van der Waals surface area contributed by atoms with E-state index in [0.29, 0.717) is 16.8 Å². The third kappa shape index (κ3) is 4.44. The van der Waals surface area contributed by atoms with Gasteiger partial charge < -0.3 is 5.32 Å². The molecule has 0 fully saturated rings. The van der Waals surface area contributed by atoms with Crippen LogP contribution in [-0.4, -0.2) is 6.54 Å².